The fourth-order valence-electron chi connectivity index (χ4n) is 2.85. The quantitative estimate of drug-likeness (QED) is 0.689. The molecule has 1 aliphatic rings. The van der Waals surface area contributed by atoms with E-state index in [9.17, 15) is 17.6 Å². The highest BCUT2D eigenvalue weighted by Gasteiger charge is 2.34. The van der Waals surface area contributed by atoms with Gasteiger partial charge in [0.2, 0.25) is 5.95 Å². The van der Waals surface area contributed by atoms with Crippen molar-refractivity contribution in [3.8, 4) is 22.5 Å². The Morgan fingerprint density at radius 3 is 2.21 bits per heavy atom. The van der Waals surface area contributed by atoms with Crippen LogP contribution in [0, 0.1) is 5.82 Å². The molecule has 6 nitrogen and oxygen atoms in total. The van der Waals surface area contributed by atoms with Crippen molar-refractivity contribution >= 4 is 11.8 Å². The normalized spacial score (nSPS) is 14.1. The van der Waals surface area contributed by atoms with Crippen molar-refractivity contribution in [1.82, 2.24) is 20.2 Å². The van der Waals surface area contributed by atoms with E-state index in [1.807, 2.05) is 0 Å². The highest BCUT2D eigenvalue weighted by Crippen LogP contribution is 2.36. The lowest BCUT2D eigenvalue weighted by molar-refractivity contribution is -0.141. The van der Waals surface area contributed by atoms with Crippen molar-refractivity contribution in [3.63, 3.8) is 0 Å². The molecule has 144 valence electrons. The van der Waals surface area contributed by atoms with Gasteiger partial charge in [-0.1, -0.05) is 0 Å². The van der Waals surface area contributed by atoms with E-state index in [4.69, 9.17) is 5.73 Å². The Morgan fingerprint density at radius 2 is 1.61 bits per heavy atom. The number of anilines is 2. The van der Waals surface area contributed by atoms with Crippen LogP contribution < -0.4 is 10.6 Å². The third-order valence-corrected chi connectivity index (χ3v) is 4.38. The van der Waals surface area contributed by atoms with E-state index in [0.29, 0.717) is 18.7 Å². The number of halogens is 4. The minimum Gasteiger partial charge on any atom is -0.366 e. The maximum absolute atomic E-state index is 13.4. The van der Waals surface area contributed by atoms with Crippen LogP contribution in [0.3, 0.4) is 0 Å². The molecule has 1 saturated heterocycles. The molecule has 0 bridgehead atoms. The first-order valence-corrected chi connectivity index (χ1v) is 8.42. The molecule has 0 spiro atoms. The maximum Gasteiger partial charge on any atom is 0.433 e. The van der Waals surface area contributed by atoms with Crippen LogP contribution in [0.4, 0.5) is 29.3 Å². The third kappa shape index (κ3) is 3.45. The molecule has 10 heteroatoms. The molecule has 0 saturated carbocycles. The fraction of sp³-hybridized carbons (Fsp3) is 0.222. The van der Waals surface area contributed by atoms with Crippen molar-refractivity contribution in [1.29, 1.82) is 0 Å². The Labute approximate surface area is 157 Å². The fourth-order valence-corrected chi connectivity index (χ4v) is 2.85. The summed E-state index contributed by atoms with van der Waals surface area (Å²) in [5.41, 5.74) is 5.51. The van der Waals surface area contributed by atoms with Gasteiger partial charge in [0, 0.05) is 24.2 Å². The predicted molar refractivity (Wildman–Crippen MR) is 94.7 cm³/mol. The number of aromatic nitrogens is 4. The molecule has 3 heterocycles. The Morgan fingerprint density at radius 1 is 0.893 bits per heavy atom. The number of hydrogen-bond donors (Lipinski definition) is 1. The molecule has 0 atom stereocenters. The molecule has 1 aliphatic heterocycles. The average molecular weight is 390 g/mol. The Hall–Kier alpha value is -3.30. The zero-order valence-electron chi connectivity index (χ0n) is 14.4. The summed E-state index contributed by atoms with van der Waals surface area (Å²) in [7, 11) is 0. The topological polar surface area (TPSA) is 80.8 Å². The van der Waals surface area contributed by atoms with E-state index in [-0.39, 0.29) is 28.7 Å². The Balaban J connectivity index is 1.90. The van der Waals surface area contributed by atoms with Crippen LogP contribution in [0.2, 0.25) is 0 Å². The largest absolute Gasteiger partial charge is 0.433 e. The summed E-state index contributed by atoms with van der Waals surface area (Å²) < 4.78 is 53.4. The van der Waals surface area contributed by atoms with E-state index in [2.05, 4.69) is 20.2 Å². The van der Waals surface area contributed by atoms with Crippen molar-refractivity contribution in [3.05, 3.63) is 47.9 Å². The molecule has 3 aromatic rings. The molecule has 1 aromatic carbocycles. The van der Waals surface area contributed by atoms with E-state index in [1.165, 1.54) is 30.3 Å². The van der Waals surface area contributed by atoms with Crippen molar-refractivity contribution in [2.24, 2.45) is 0 Å². The van der Waals surface area contributed by atoms with Gasteiger partial charge in [-0.25, -0.2) is 14.4 Å². The predicted octanol–water partition coefficient (Wildman–Crippen LogP) is 3.55. The van der Waals surface area contributed by atoms with Gasteiger partial charge in [-0.3, -0.25) is 0 Å². The molecule has 4 rings (SSSR count). The highest BCUT2D eigenvalue weighted by molar-refractivity contribution is 5.79. The van der Waals surface area contributed by atoms with Crippen molar-refractivity contribution in [2.75, 3.05) is 23.7 Å². The second-order valence-electron chi connectivity index (χ2n) is 6.31. The number of rotatable bonds is 3. The second kappa shape index (κ2) is 6.70. The van der Waals surface area contributed by atoms with E-state index in [1.54, 1.807) is 4.90 Å². The number of nitrogens with zero attached hydrogens (tertiary/aromatic N) is 5. The number of hydrogen-bond acceptors (Lipinski definition) is 6. The maximum atomic E-state index is 13.4. The number of alkyl halides is 3. The van der Waals surface area contributed by atoms with Gasteiger partial charge in [0.15, 0.2) is 0 Å². The lowest BCUT2D eigenvalue weighted by Gasteiger charge is -2.32. The first kappa shape index (κ1) is 18.1. The van der Waals surface area contributed by atoms with Crippen LogP contribution >= 0.6 is 0 Å². The van der Waals surface area contributed by atoms with Gasteiger partial charge < -0.3 is 10.6 Å². The summed E-state index contributed by atoms with van der Waals surface area (Å²) in [6, 6.07) is 7.75. The average Bonchev–Trinajstić information content (AvgIpc) is 2.60. The molecule has 2 aromatic heterocycles. The van der Waals surface area contributed by atoms with E-state index < -0.39 is 17.7 Å². The number of benzene rings is 1. The van der Waals surface area contributed by atoms with Crippen LogP contribution in [-0.4, -0.2) is 33.3 Å². The Kier molecular flexibility index (Phi) is 4.33. The molecular weight excluding hydrogens is 376 g/mol. The summed E-state index contributed by atoms with van der Waals surface area (Å²) in [5.74, 6) is -0.389. The SMILES string of the molecule is Nc1nnc(-c2cc(N3CCC3)nc(C(F)(F)F)c2)c(-c2ccc(F)cc2)n1. The van der Waals surface area contributed by atoms with Crippen molar-refractivity contribution < 1.29 is 17.6 Å². The lowest BCUT2D eigenvalue weighted by atomic mass is 10.0. The molecule has 0 aliphatic carbocycles. The lowest BCUT2D eigenvalue weighted by Crippen LogP contribution is -2.38. The molecule has 2 N–H and O–H groups in total. The van der Waals surface area contributed by atoms with Crippen molar-refractivity contribution in [2.45, 2.75) is 12.6 Å². The van der Waals surface area contributed by atoms with Crippen LogP contribution in [0.5, 0.6) is 0 Å². The van der Waals surface area contributed by atoms with Crippen LogP contribution in [0.15, 0.2) is 36.4 Å². The summed E-state index contributed by atoms with van der Waals surface area (Å²) in [4.78, 5) is 9.60. The highest BCUT2D eigenvalue weighted by atomic mass is 19.4. The first-order valence-electron chi connectivity index (χ1n) is 8.42. The first-order chi connectivity index (χ1) is 13.3. The van der Waals surface area contributed by atoms with Gasteiger partial charge in [0.05, 0.1) is 0 Å². The van der Waals surface area contributed by atoms with E-state index in [0.717, 1.165) is 12.5 Å². The summed E-state index contributed by atoms with van der Waals surface area (Å²) >= 11 is 0. The number of pyridine rings is 1. The van der Waals surface area contributed by atoms with Gasteiger partial charge in [0.25, 0.3) is 0 Å². The molecule has 0 unspecified atom stereocenters. The van der Waals surface area contributed by atoms with Crippen LogP contribution in [0.25, 0.3) is 22.5 Å². The third-order valence-electron chi connectivity index (χ3n) is 4.38. The standard InChI is InChI=1S/C18H14F4N6/c19-12-4-2-10(3-5-12)15-16(26-27-17(23)25-15)11-8-13(18(20,21)22)24-14(9-11)28-6-1-7-28/h2-5,8-9H,1,6-7H2,(H2,23,25,27). The zero-order valence-corrected chi connectivity index (χ0v) is 14.4. The summed E-state index contributed by atoms with van der Waals surface area (Å²) in [6.07, 6.45) is -3.74. The van der Waals surface area contributed by atoms with Gasteiger partial charge in [-0.15, -0.1) is 10.2 Å². The Bertz CT molecular complexity index is 1020. The molecule has 1 fully saturated rings. The monoisotopic (exact) mass is 390 g/mol. The van der Waals surface area contributed by atoms with Gasteiger partial charge in [0.1, 0.15) is 28.7 Å². The van der Waals surface area contributed by atoms with Gasteiger partial charge in [-0.05, 0) is 42.8 Å². The van der Waals surface area contributed by atoms with Gasteiger partial charge >= 0.3 is 6.18 Å². The zero-order chi connectivity index (χ0) is 19.9. The summed E-state index contributed by atoms with van der Waals surface area (Å²) in [6.45, 7) is 1.26. The molecule has 0 radical (unpaired) electrons. The summed E-state index contributed by atoms with van der Waals surface area (Å²) in [5, 5.41) is 7.66. The van der Waals surface area contributed by atoms with Crippen LogP contribution in [-0.2, 0) is 6.18 Å². The smallest absolute Gasteiger partial charge is 0.366 e. The molecule has 28 heavy (non-hydrogen) atoms. The second-order valence-corrected chi connectivity index (χ2v) is 6.31. The van der Waals surface area contributed by atoms with E-state index >= 15 is 0 Å². The van der Waals surface area contributed by atoms with Gasteiger partial charge in [-0.2, -0.15) is 13.2 Å². The number of nitrogens with two attached hydrogens (primary N) is 1. The van der Waals surface area contributed by atoms with Crippen LogP contribution in [0.1, 0.15) is 12.1 Å². The minimum absolute atomic E-state index is 0.107. The molecule has 0 amide bonds. The molecular formula is C18H14F4N6. The minimum atomic E-state index is -4.62. The number of nitrogen functional groups attached to an aromatic ring is 1.